The molecule has 0 amide bonds. The zero-order valence-corrected chi connectivity index (χ0v) is 17.4. The van der Waals surface area contributed by atoms with Gasteiger partial charge in [-0.2, -0.15) is 18.4 Å². The topological polar surface area (TPSA) is 108 Å². The van der Waals surface area contributed by atoms with Crippen LogP contribution in [0, 0.1) is 11.3 Å². The zero-order chi connectivity index (χ0) is 24.2. The van der Waals surface area contributed by atoms with Gasteiger partial charge in [-0.25, -0.2) is 14.2 Å². The second-order valence-electron chi connectivity index (χ2n) is 7.62. The molecule has 3 aromatic rings. The number of aromatic nitrogens is 2. The number of rotatable bonds is 4. The van der Waals surface area contributed by atoms with Crippen molar-refractivity contribution in [2.45, 2.75) is 24.8 Å². The van der Waals surface area contributed by atoms with E-state index in [0.29, 0.717) is 25.1 Å². The van der Waals surface area contributed by atoms with Gasteiger partial charge in [0.05, 0.1) is 35.8 Å². The van der Waals surface area contributed by atoms with Crippen molar-refractivity contribution in [3.8, 4) is 6.07 Å². The molecule has 0 radical (unpaired) electrons. The fraction of sp³-hybridized carbons (Fsp3) is 0.318. The lowest BCUT2D eigenvalue weighted by Gasteiger charge is -2.21. The van der Waals surface area contributed by atoms with Gasteiger partial charge in [-0.15, -0.1) is 0 Å². The maximum atomic E-state index is 14.6. The lowest BCUT2D eigenvalue weighted by atomic mass is 10.1. The molecule has 0 spiro atoms. The molecule has 1 aliphatic rings. The van der Waals surface area contributed by atoms with Gasteiger partial charge in [0.2, 0.25) is 5.95 Å². The minimum absolute atomic E-state index is 0.0271. The van der Waals surface area contributed by atoms with Crippen molar-refractivity contribution in [1.82, 2.24) is 9.55 Å². The Morgan fingerprint density at radius 3 is 2.39 bits per heavy atom. The van der Waals surface area contributed by atoms with Gasteiger partial charge >= 0.3 is 12.1 Å². The van der Waals surface area contributed by atoms with E-state index in [1.165, 1.54) is 0 Å². The summed E-state index contributed by atoms with van der Waals surface area (Å²) in [5, 5.41) is 16.1. The molecule has 1 atom stereocenters. The number of aliphatic carboxylic acids is 1. The summed E-state index contributed by atoms with van der Waals surface area (Å²) in [5.74, 6) is -1.99. The quantitative estimate of drug-likeness (QED) is 0.574. The molecule has 1 aliphatic heterocycles. The largest absolute Gasteiger partial charge is 0.490 e. The Hall–Kier alpha value is -3.65. The number of carboxylic acid groups (broad SMARTS) is 1. The average Bonchev–Trinajstić information content (AvgIpc) is 3.35. The van der Waals surface area contributed by atoms with Crippen LogP contribution in [0.4, 0.5) is 23.5 Å². The molecule has 0 aliphatic carbocycles. The van der Waals surface area contributed by atoms with E-state index in [9.17, 15) is 17.6 Å². The zero-order valence-electron chi connectivity index (χ0n) is 17.4. The molecule has 1 saturated heterocycles. The summed E-state index contributed by atoms with van der Waals surface area (Å²) >= 11 is 0. The monoisotopic (exact) mass is 463 g/mol. The van der Waals surface area contributed by atoms with Crippen molar-refractivity contribution < 1.29 is 27.5 Å². The van der Waals surface area contributed by atoms with Gasteiger partial charge in [-0.3, -0.25) is 0 Å². The van der Waals surface area contributed by atoms with Crippen molar-refractivity contribution in [2.75, 3.05) is 24.5 Å². The number of hydrogen-bond donors (Lipinski definition) is 2. The summed E-state index contributed by atoms with van der Waals surface area (Å²) in [6, 6.07) is 17.6. The lowest BCUT2D eigenvalue weighted by molar-refractivity contribution is -0.192. The van der Waals surface area contributed by atoms with Gasteiger partial charge in [-0.05, 0) is 29.8 Å². The summed E-state index contributed by atoms with van der Waals surface area (Å²) in [5.41, 5.74) is 7.87. The third-order valence-electron chi connectivity index (χ3n) is 5.25. The van der Waals surface area contributed by atoms with Gasteiger partial charge in [-0.1, -0.05) is 24.3 Å². The third-order valence-corrected chi connectivity index (χ3v) is 5.25. The van der Waals surface area contributed by atoms with Gasteiger partial charge in [0, 0.05) is 19.5 Å². The molecule has 1 fully saturated rings. The number of para-hydroxylation sites is 2. The van der Waals surface area contributed by atoms with Crippen molar-refractivity contribution in [3.63, 3.8) is 0 Å². The van der Waals surface area contributed by atoms with E-state index < -0.39 is 17.8 Å². The highest BCUT2D eigenvalue weighted by molar-refractivity contribution is 5.79. The summed E-state index contributed by atoms with van der Waals surface area (Å²) in [6.07, 6.45) is -4.66. The van der Waals surface area contributed by atoms with Crippen molar-refractivity contribution in [3.05, 3.63) is 59.7 Å². The number of halogens is 4. The second-order valence-corrected chi connectivity index (χ2v) is 7.62. The number of nitriles is 1. The Kier molecular flexibility index (Phi) is 6.88. The van der Waals surface area contributed by atoms with Crippen molar-refractivity contribution >= 4 is 23.0 Å². The van der Waals surface area contributed by atoms with E-state index >= 15 is 0 Å². The van der Waals surface area contributed by atoms with Crippen LogP contribution in [0.2, 0.25) is 0 Å². The number of alkyl halides is 4. The van der Waals surface area contributed by atoms with Gasteiger partial charge in [0.25, 0.3) is 0 Å². The molecule has 0 saturated carbocycles. The maximum absolute atomic E-state index is 14.6. The van der Waals surface area contributed by atoms with Crippen LogP contribution in [0.15, 0.2) is 48.5 Å². The van der Waals surface area contributed by atoms with E-state index in [1.54, 1.807) is 0 Å². The van der Waals surface area contributed by atoms with Crippen LogP contribution in [0.5, 0.6) is 0 Å². The number of hydrogen-bond acceptors (Lipinski definition) is 5. The Morgan fingerprint density at radius 1 is 1.21 bits per heavy atom. The highest BCUT2D eigenvalue weighted by atomic mass is 19.4. The first-order valence-corrected chi connectivity index (χ1v) is 9.95. The summed E-state index contributed by atoms with van der Waals surface area (Å²) in [4.78, 5) is 15.6. The van der Waals surface area contributed by atoms with Crippen LogP contribution >= 0.6 is 0 Å². The lowest BCUT2D eigenvalue weighted by Crippen LogP contribution is -2.37. The second kappa shape index (κ2) is 9.46. The van der Waals surface area contributed by atoms with Crippen LogP contribution in [0.1, 0.15) is 17.5 Å². The standard InChI is InChI=1S/C20H20FN5.C2HF3O2/c21-20(13-23)9-10-25(14-20)19-24-17-3-1-2-4-18(17)26(19)12-16-7-5-15(11-22)6-8-16;3-2(4,5)1(6)7/h1-8H,9-10,12-14,23H2;(H,6,7). The molecule has 7 nitrogen and oxygen atoms in total. The highest BCUT2D eigenvalue weighted by Gasteiger charge is 2.39. The van der Waals surface area contributed by atoms with Crippen LogP contribution in [0.25, 0.3) is 11.0 Å². The number of fused-ring (bicyclic) bond motifs is 1. The fourth-order valence-electron chi connectivity index (χ4n) is 3.50. The number of imidazole rings is 1. The molecular weight excluding hydrogens is 442 g/mol. The molecule has 174 valence electrons. The van der Waals surface area contributed by atoms with Crippen LogP contribution in [0.3, 0.4) is 0 Å². The van der Waals surface area contributed by atoms with Crippen LogP contribution in [-0.2, 0) is 11.3 Å². The first-order valence-electron chi connectivity index (χ1n) is 9.95. The number of benzene rings is 2. The first-order chi connectivity index (χ1) is 15.6. The average molecular weight is 463 g/mol. The van der Waals surface area contributed by atoms with E-state index in [1.807, 2.05) is 53.4 Å². The van der Waals surface area contributed by atoms with Gasteiger partial charge in [0.15, 0.2) is 0 Å². The van der Waals surface area contributed by atoms with Gasteiger partial charge in [0.1, 0.15) is 5.67 Å². The molecule has 0 bridgehead atoms. The smallest absolute Gasteiger partial charge is 0.475 e. The Balaban J connectivity index is 0.000000383. The molecule has 2 heterocycles. The molecule has 3 N–H and O–H groups in total. The normalized spacial score (nSPS) is 18.0. The fourth-order valence-corrected chi connectivity index (χ4v) is 3.50. The summed E-state index contributed by atoms with van der Waals surface area (Å²) in [7, 11) is 0. The molecule has 1 unspecified atom stereocenters. The first kappa shape index (κ1) is 24.0. The molecule has 1 aromatic heterocycles. The minimum Gasteiger partial charge on any atom is -0.475 e. The predicted octanol–water partition coefficient (Wildman–Crippen LogP) is 3.47. The van der Waals surface area contributed by atoms with E-state index in [4.69, 9.17) is 25.9 Å². The van der Waals surface area contributed by atoms with Crippen LogP contribution in [-0.4, -0.2) is 52.1 Å². The number of nitrogens with zero attached hydrogens (tertiary/aromatic N) is 4. The highest BCUT2D eigenvalue weighted by Crippen LogP contribution is 2.31. The predicted molar refractivity (Wildman–Crippen MR) is 113 cm³/mol. The van der Waals surface area contributed by atoms with E-state index in [0.717, 1.165) is 22.5 Å². The van der Waals surface area contributed by atoms with E-state index in [-0.39, 0.29) is 13.1 Å². The maximum Gasteiger partial charge on any atom is 0.490 e. The molecular formula is C22H21F4N5O2. The van der Waals surface area contributed by atoms with Crippen molar-refractivity contribution in [1.29, 1.82) is 5.26 Å². The summed E-state index contributed by atoms with van der Waals surface area (Å²) < 4.78 is 48.5. The summed E-state index contributed by atoms with van der Waals surface area (Å²) in [6.45, 7) is 1.50. The number of anilines is 1. The number of nitrogens with two attached hydrogens (primary N) is 1. The molecule has 11 heteroatoms. The third kappa shape index (κ3) is 5.59. The van der Waals surface area contributed by atoms with E-state index in [2.05, 4.69) is 10.6 Å². The number of carbonyl (C=O) groups is 1. The number of carboxylic acids is 1. The molecule has 2 aromatic carbocycles. The Bertz CT molecular complexity index is 1170. The van der Waals surface area contributed by atoms with Crippen molar-refractivity contribution in [2.24, 2.45) is 5.73 Å². The Labute approximate surface area is 186 Å². The van der Waals surface area contributed by atoms with Gasteiger partial charge < -0.3 is 20.3 Å². The SMILES string of the molecule is N#Cc1ccc(Cn2c(N3CCC(F)(CN)C3)nc3ccccc32)cc1.O=C(O)C(F)(F)F. The molecule has 4 rings (SSSR count). The molecule has 33 heavy (non-hydrogen) atoms. The van der Waals surface area contributed by atoms with Crippen LogP contribution < -0.4 is 10.6 Å². The minimum atomic E-state index is -5.08. The Morgan fingerprint density at radius 2 is 1.85 bits per heavy atom.